The molecule has 6 nitrogen and oxygen atoms in total. The van der Waals surface area contributed by atoms with Crippen molar-refractivity contribution in [2.75, 3.05) is 26.2 Å². The first kappa shape index (κ1) is 28.6. The number of phenolic OH excluding ortho intramolecular Hbond substituents is 1. The molecule has 0 aliphatic carbocycles. The van der Waals surface area contributed by atoms with Gasteiger partial charge in [-0.2, -0.15) is 5.10 Å². The Labute approximate surface area is 244 Å². The zero-order valence-corrected chi connectivity index (χ0v) is 24.8. The molecule has 0 radical (unpaired) electrons. The average Bonchev–Trinajstić information content (AvgIpc) is 3.28. The first-order chi connectivity index (χ1) is 19.9. The lowest BCUT2D eigenvalue weighted by molar-refractivity contribution is 0.0773. The van der Waals surface area contributed by atoms with E-state index in [0.717, 1.165) is 40.2 Å². The van der Waals surface area contributed by atoms with Crippen molar-refractivity contribution in [3.05, 3.63) is 106 Å². The van der Waals surface area contributed by atoms with Gasteiger partial charge in [0.25, 0.3) is 5.91 Å². The van der Waals surface area contributed by atoms with Gasteiger partial charge in [-0.05, 0) is 100 Å². The highest BCUT2D eigenvalue weighted by molar-refractivity contribution is 5.94. The Morgan fingerprint density at radius 3 is 2.22 bits per heavy atom. The average molecular weight is 551 g/mol. The standard InChI is InChI=1S/C35H42N4O2/c1-5-38(6-2)35(41)30-19-17-29(18-20-30)34(31-11-10-12-32(40)23-31)39-26(4)33(25(3)36-39)28-15-13-27(14-16-28)24-37-21-8-7-9-22-37/h10-20,23,34,40H,5-9,21-22,24H2,1-4H3. The Balaban J connectivity index is 1.49. The molecule has 1 aliphatic rings. The third kappa shape index (κ3) is 6.23. The fraction of sp³-hybridized carbons (Fsp3) is 0.371. The fourth-order valence-corrected chi connectivity index (χ4v) is 6.16. The van der Waals surface area contributed by atoms with Crippen molar-refractivity contribution < 1.29 is 9.90 Å². The van der Waals surface area contributed by atoms with E-state index in [1.807, 2.05) is 55.1 Å². The maximum Gasteiger partial charge on any atom is 0.253 e. The molecule has 0 saturated carbocycles. The van der Waals surface area contributed by atoms with Crippen LogP contribution in [0.1, 0.15) is 77.6 Å². The van der Waals surface area contributed by atoms with Gasteiger partial charge in [0.15, 0.2) is 0 Å². The van der Waals surface area contributed by atoms with Crippen LogP contribution in [0.2, 0.25) is 0 Å². The molecule has 0 bridgehead atoms. The lowest BCUT2D eigenvalue weighted by Crippen LogP contribution is -2.30. The van der Waals surface area contributed by atoms with Crippen LogP contribution >= 0.6 is 0 Å². The third-order valence-electron chi connectivity index (χ3n) is 8.38. The third-order valence-corrected chi connectivity index (χ3v) is 8.38. The number of hydrogen-bond donors (Lipinski definition) is 1. The lowest BCUT2D eigenvalue weighted by Gasteiger charge is -2.26. The van der Waals surface area contributed by atoms with Crippen LogP contribution in [0, 0.1) is 13.8 Å². The van der Waals surface area contributed by atoms with Crippen LogP contribution in [-0.2, 0) is 6.54 Å². The maximum atomic E-state index is 12.9. The van der Waals surface area contributed by atoms with E-state index >= 15 is 0 Å². The molecular formula is C35H42N4O2. The number of rotatable bonds is 9. The second kappa shape index (κ2) is 12.7. The van der Waals surface area contributed by atoms with Crippen LogP contribution < -0.4 is 0 Å². The number of amides is 1. The number of likely N-dealkylation sites (tertiary alicyclic amines) is 1. The summed E-state index contributed by atoms with van der Waals surface area (Å²) in [6, 6.07) is 23.9. The van der Waals surface area contributed by atoms with Crippen molar-refractivity contribution in [2.45, 2.75) is 59.5 Å². The molecule has 6 heteroatoms. The van der Waals surface area contributed by atoms with E-state index in [-0.39, 0.29) is 17.7 Å². The Morgan fingerprint density at radius 1 is 0.902 bits per heavy atom. The molecule has 0 spiro atoms. The monoisotopic (exact) mass is 550 g/mol. The van der Waals surface area contributed by atoms with Crippen LogP contribution in [0.25, 0.3) is 11.1 Å². The van der Waals surface area contributed by atoms with E-state index in [1.54, 1.807) is 12.1 Å². The molecule has 1 atom stereocenters. The summed E-state index contributed by atoms with van der Waals surface area (Å²) in [5.41, 5.74) is 8.26. The second-order valence-electron chi connectivity index (χ2n) is 11.1. The minimum atomic E-state index is -0.259. The molecule has 1 unspecified atom stereocenters. The number of phenols is 1. The molecule has 1 aromatic heterocycles. The van der Waals surface area contributed by atoms with E-state index in [2.05, 4.69) is 47.7 Å². The van der Waals surface area contributed by atoms with Crippen molar-refractivity contribution in [1.82, 2.24) is 19.6 Å². The van der Waals surface area contributed by atoms with Gasteiger partial charge in [0, 0.05) is 36.5 Å². The molecular weight excluding hydrogens is 508 g/mol. The summed E-state index contributed by atoms with van der Waals surface area (Å²) in [7, 11) is 0. The van der Waals surface area contributed by atoms with E-state index in [1.165, 1.54) is 37.9 Å². The van der Waals surface area contributed by atoms with Gasteiger partial charge in [0.1, 0.15) is 11.8 Å². The second-order valence-corrected chi connectivity index (χ2v) is 11.1. The van der Waals surface area contributed by atoms with Gasteiger partial charge < -0.3 is 10.0 Å². The first-order valence-electron chi connectivity index (χ1n) is 14.9. The van der Waals surface area contributed by atoms with Gasteiger partial charge in [-0.3, -0.25) is 14.4 Å². The van der Waals surface area contributed by atoms with E-state index in [0.29, 0.717) is 18.7 Å². The summed E-state index contributed by atoms with van der Waals surface area (Å²) in [5, 5.41) is 15.4. The topological polar surface area (TPSA) is 61.6 Å². The maximum absolute atomic E-state index is 12.9. The molecule has 5 rings (SSSR count). The molecule has 41 heavy (non-hydrogen) atoms. The number of piperidine rings is 1. The summed E-state index contributed by atoms with van der Waals surface area (Å²) >= 11 is 0. The SMILES string of the molecule is CCN(CC)C(=O)c1ccc(C(c2cccc(O)c2)n2nc(C)c(-c3ccc(CN4CCCCC4)cc3)c2C)cc1. The number of aromatic hydroxyl groups is 1. The predicted molar refractivity (Wildman–Crippen MR) is 165 cm³/mol. The highest BCUT2D eigenvalue weighted by Crippen LogP contribution is 2.35. The molecule has 214 valence electrons. The number of nitrogens with zero attached hydrogens (tertiary/aromatic N) is 4. The van der Waals surface area contributed by atoms with Crippen molar-refractivity contribution >= 4 is 5.91 Å². The molecule has 1 aliphatic heterocycles. The molecule has 4 aromatic rings. The summed E-state index contributed by atoms with van der Waals surface area (Å²) in [6.45, 7) is 12.9. The number of benzene rings is 3. The zero-order chi connectivity index (χ0) is 28.9. The van der Waals surface area contributed by atoms with Gasteiger partial charge in [0.05, 0.1) is 5.69 Å². The quantitative estimate of drug-likeness (QED) is 0.244. The van der Waals surface area contributed by atoms with E-state index in [4.69, 9.17) is 5.10 Å². The van der Waals surface area contributed by atoms with E-state index < -0.39 is 0 Å². The molecule has 1 amide bonds. The summed E-state index contributed by atoms with van der Waals surface area (Å²) < 4.78 is 2.06. The van der Waals surface area contributed by atoms with Crippen LogP contribution in [-0.4, -0.2) is 56.8 Å². The number of carbonyl (C=O) groups excluding carboxylic acids is 1. The normalized spacial score (nSPS) is 14.6. The van der Waals surface area contributed by atoms with Crippen LogP contribution in [0.4, 0.5) is 0 Å². The van der Waals surface area contributed by atoms with Crippen LogP contribution in [0.3, 0.4) is 0 Å². The zero-order valence-electron chi connectivity index (χ0n) is 24.8. The van der Waals surface area contributed by atoms with Gasteiger partial charge in [0.2, 0.25) is 0 Å². The van der Waals surface area contributed by atoms with Crippen molar-refractivity contribution in [1.29, 1.82) is 0 Å². The van der Waals surface area contributed by atoms with Crippen LogP contribution in [0.5, 0.6) is 5.75 Å². The van der Waals surface area contributed by atoms with Gasteiger partial charge in [-0.1, -0.05) is 55.0 Å². The van der Waals surface area contributed by atoms with E-state index in [9.17, 15) is 9.90 Å². The lowest BCUT2D eigenvalue weighted by atomic mass is 9.96. The minimum Gasteiger partial charge on any atom is -0.508 e. The predicted octanol–water partition coefficient (Wildman–Crippen LogP) is 6.98. The summed E-state index contributed by atoms with van der Waals surface area (Å²) in [6.07, 6.45) is 3.94. The number of carbonyl (C=O) groups is 1. The Kier molecular flexibility index (Phi) is 8.89. The largest absolute Gasteiger partial charge is 0.508 e. The number of aromatic nitrogens is 2. The van der Waals surface area contributed by atoms with Gasteiger partial charge in [-0.25, -0.2) is 0 Å². The van der Waals surface area contributed by atoms with Crippen LogP contribution in [0.15, 0.2) is 72.8 Å². The fourth-order valence-electron chi connectivity index (χ4n) is 6.16. The number of hydrogen-bond acceptors (Lipinski definition) is 4. The van der Waals surface area contributed by atoms with Crippen molar-refractivity contribution in [2.24, 2.45) is 0 Å². The molecule has 1 saturated heterocycles. The highest BCUT2D eigenvalue weighted by Gasteiger charge is 2.24. The first-order valence-corrected chi connectivity index (χ1v) is 14.9. The highest BCUT2D eigenvalue weighted by atomic mass is 16.3. The Bertz CT molecular complexity index is 1460. The van der Waals surface area contributed by atoms with Gasteiger partial charge >= 0.3 is 0 Å². The Hall–Kier alpha value is -3.90. The molecule has 2 heterocycles. The summed E-state index contributed by atoms with van der Waals surface area (Å²) in [4.78, 5) is 17.3. The molecule has 3 aromatic carbocycles. The van der Waals surface area contributed by atoms with Crippen molar-refractivity contribution in [3.63, 3.8) is 0 Å². The van der Waals surface area contributed by atoms with Gasteiger partial charge in [-0.15, -0.1) is 0 Å². The van der Waals surface area contributed by atoms with Crippen molar-refractivity contribution in [3.8, 4) is 16.9 Å². The smallest absolute Gasteiger partial charge is 0.253 e. The molecule has 1 N–H and O–H groups in total. The molecule has 1 fully saturated rings. The summed E-state index contributed by atoms with van der Waals surface area (Å²) in [5.74, 6) is 0.250. The minimum absolute atomic E-state index is 0.0348. The number of aryl methyl sites for hydroxylation is 1. The Morgan fingerprint density at radius 2 is 1.59 bits per heavy atom.